The first-order valence-electron chi connectivity index (χ1n) is 13.0. The zero-order chi connectivity index (χ0) is 30.5. The van der Waals surface area contributed by atoms with Crippen molar-refractivity contribution in [1.29, 1.82) is 0 Å². The summed E-state index contributed by atoms with van der Waals surface area (Å²) in [6.45, 7) is 12.1. The van der Waals surface area contributed by atoms with E-state index in [9.17, 15) is 29.5 Å². The normalized spacial score (nSPS) is 23.9. The number of esters is 2. The molecule has 0 unspecified atom stereocenters. The summed E-state index contributed by atoms with van der Waals surface area (Å²) in [5.74, 6) is -0.795. The highest BCUT2D eigenvalue weighted by molar-refractivity contribution is 7.53. The molecule has 0 amide bonds. The van der Waals surface area contributed by atoms with Crippen LogP contribution in [0.5, 0.6) is 5.75 Å². The Morgan fingerprint density at radius 3 is 1.88 bits per heavy atom. The molecule has 5 atom stereocenters. The van der Waals surface area contributed by atoms with E-state index in [2.05, 4.69) is 0 Å². The maximum atomic E-state index is 13.5. The van der Waals surface area contributed by atoms with Gasteiger partial charge < -0.3 is 34.3 Å². The number of benzene rings is 1. The van der Waals surface area contributed by atoms with Crippen molar-refractivity contribution in [3.8, 4) is 5.75 Å². The maximum absolute atomic E-state index is 13.5. The van der Waals surface area contributed by atoms with Gasteiger partial charge in [-0.2, -0.15) is 0 Å². The summed E-state index contributed by atoms with van der Waals surface area (Å²) in [6, 6.07) is 5.38. The smallest absolute Gasteiger partial charge is 0.336 e. The van der Waals surface area contributed by atoms with Crippen LogP contribution in [0.3, 0.4) is 0 Å². The molecule has 12 nitrogen and oxygen atoms in total. The zero-order valence-corrected chi connectivity index (χ0v) is 25.3. The Hall–Kier alpha value is -2.05. The lowest BCUT2D eigenvalue weighted by Crippen LogP contribution is -2.59. The van der Waals surface area contributed by atoms with Gasteiger partial charge in [0.1, 0.15) is 24.1 Å². The van der Waals surface area contributed by atoms with E-state index < -0.39 is 74.7 Å². The summed E-state index contributed by atoms with van der Waals surface area (Å²) in [5.41, 5.74) is 0.102. The fourth-order valence-corrected chi connectivity index (χ4v) is 4.84. The molecule has 40 heavy (non-hydrogen) atoms. The Labute approximate surface area is 235 Å². The van der Waals surface area contributed by atoms with Crippen LogP contribution in [-0.2, 0) is 37.4 Å². The minimum absolute atomic E-state index is 0.185. The van der Waals surface area contributed by atoms with Crippen molar-refractivity contribution < 1.29 is 57.5 Å². The van der Waals surface area contributed by atoms with Gasteiger partial charge in [0.25, 0.3) is 0 Å². The Morgan fingerprint density at radius 1 is 0.875 bits per heavy atom. The number of carbonyl (C=O) groups excluding carboxylic acids is 2. The van der Waals surface area contributed by atoms with Crippen molar-refractivity contribution in [2.45, 2.75) is 92.5 Å². The molecule has 0 aliphatic carbocycles. The maximum Gasteiger partial charge on any atom is 0.336 e. The SMILES string of the molecule is Cc1ccc(O[C@H]2O[C@H](CCP(=O)(OCOC(=O)C(C)(C)C)OCOC(=O)C(C)(C)C)[C@@H](O)[C@H](O)[C@@H]2O)c(C)c1. The van der Waals surface area contributed by atoms with Crippen LogP contribution >= 0.6 is 7.60 Å². The van der Waals surface area contributed by atoms with E-state index in [-0.39, 0.29) is 12.6 Å². The Morgan fingerprint density at radius 2 is 1.40 bits per heavy atom. The van der Waals surface area contributed by atoms with E-state index >= 15 is 0 Å². The summed E-state index contributed by atoms with van der Waals surface area (Å²) in [7, 11) is -4.09. The average Bonchev–Trinajstić information content (AvgIpc) is 2.83. The van der Waals surface area contributed by atoms with Crippen molar-refractivity contribution in [2.75, 3.05) is 19.7 Å². The highest BCUT2D eigenvalue weighted by atomic mass is 31.2. The van der Waals surface area contributed by atoms with Crippen LogP contribution in [0.25, 0.3) is 0 Å². The molecule has 0 spiro atoms. The van der Waals surface area contributed by atoms with Gasteiger partial charge in [-0.25, -0.2) is 0 Å². The quantitative estimate of drug-likeness (QED) is 0.196. The van der Waals surface area contributed by atoms with E-state index in [1.165, 1.54) is 0 Å². The molecule has 1 fully saturated rings. The molecule has 1 aliphatic heterocycles. The summed E-state index contributed by atoms with van der Waals surface area (Å²) in [4.78, 5) is 24.2. The van der Waals surface area contributed by atoms with Crippen LogP contribution in [0, 0.1) is 24.7 Å². The van der Waals surface area contributed by atoms with E-state index in [0.29, 0.717) is 5.75 Å². The highest BCUT2D eigenvalue weighted by Gasteiger charge is 2.46. The van der Waals surface area contributed by atoms with Crippen LogP contribution in [0.4, 0.5) is 0 Å². The summed E-state index contributed by atoms with van der Waals surface area (Å²) in [6.07, 6.45) is -7.81. The number of aryl methyl sites for hydroxylation is 2. The first-order valence-corrected chi connectivity index (χ1v) is 14.7. The minimum atomic E-state index is -4.09. The number of hydrogen-bond donors (Lipinski definition) is 3. The number of carbonyl (C=O) groups is 2. The molecule has 0 bridgehead atoms. The third-order valence-electron chi connectivity index (χ3n) is 6.03. The van der Waals surface area contributed by atoms with Gasteiger partial charge in [-0.05, 0) is 73.4 Å². The lowest BCUT2D eigenvalue weighted by molar-refractivity contribution is -0.272. The fourth-order valence-electron chi connectivity index (χ4n) is 3.51. The molecule has 1 aliphatic rings. The van der Waals surface area contributed by atoms with E-state index in [4.69, 9.17) is 28.0 Å². The van der Waals surface area contributed by atoms with Crippen LogP contribution in [0.15, 0.2) is 18.2 Å². The predicted molar refractivity (Wildman–Crippen MR) is 143 cm³/mol. The third-order valence-corrected chi connectivity index (χ3v) is 7.84. The van der Waals surface area contributed by atoms with Crippen molar-refractivity contribution in [2.24, 2.45) is 10.8 Å². The number of aliphatic hydroxyl groups is 3. The van der Waals surface area contributed by atoms with Crippen molar-refractivity contribution in [1.82, 2.24) is 0 Å². The van der Waals surface area contributed by atoms with Crippen LogP contribution < -0.4 is 4.74 Å². The van der Waals surface area contributed by atoms with E-state index in [1.807, 2.05) is 26.0 Å². The summed E-state index contributed by atoms with van der Waals surface area (Å²) >= 11 is 0. The average molecular weight is 591 g/mol. The fraction of sp³-hybridized carbons (Fsp3) is 0.704. The van der Waals surface area contributed by atoms with Gasteiger partial charge in [-0.1, -0.05) is 17.7 Å². The molecule has 0 aromatic heterocycles. The van der Waals surface area contributed by atoms with Gasteiger partial charge in [-0.15, -0.1) is 0 Å². The van der Waals surface area contributed by atoms with Gasteiger partial charge in [-0.3, -0.25) is 23.2 Å². The van der Waals surface area contributed by atoms with E-state index in [0.717, 1.165) is 11.1 Å². The molecule has 0 radical (unpaired) electrons. The van der Waals surface area contributed by atoms with Gasteiger partial charge in [0.05, 0.1) is 23.1 Å². The summed E-state index contributed by atoms with van der Waals surface area (Å²) < 4.78 is 45.7. The van der Waals surface area contributed by atoms with E-state index in [1.54, 1.807) is 47.6 Å². The molecule has 2 rings (SSSR count). The summed E-state index contributed by atoms with van der Waals surface area (Å²) in [5, 5.41) is 31.5. The zero-order valence-electron chi connectivity index (χ0n) is 24.4. The van der Waals surface area contributed by atoms with Crippen LogP contribution in [0.2, 0.25) is 0 Å². The van der Waals surface area contributed by atoms with Crippen LogP contribution in [-0.4, -0.2) is 77.7 Å². The largest absolute Gasteiger partial charge is 0.462 e. The second kappa shape index (κ2) is 13.7. The second-order valence-corrected chi connectivity index (χ2v) is 14.1. The first-order chi connectivity index (χ1) is 18.3. The monoisotopic (exact) mass is 590 g/mol. The second-order valence-electron chi connectivity index (χ2n) is 11.9. The lowest BCUT2D eigenvalue weighted by Gasteiger charge is -2.40. The minimum Gasteiger partial charge on any atom is -0.462 e. The molecule has 1 heterocycles. The Balaban J connectivity index is 2.12. The number of hydrogen-bond acceptors (Lipinski definition) is 12. The lowest BCUT2D eigenvalue weighted by atomic mass is 9.97. The standard InChI is InChI=1S/C27H43O12P/c1-16-9-10-18(17(2)13-16)38-23-22(30)21(29)20(28)19(39-23)11-12-40(33,36-14-34-24(31)26(3,4)5)37-15-35-25(32)27(6,7)8/h9-10,13,19-23,28-30H,11-12,14-15H2,1-8H3/t19-,20-,21+,22+,23+/m1/s1. The molecule has 228 valence electrons. The van der Waals surface area contributed by atoms with Crippen LogP contribution in [0.1, 0.15) is 59.1 Å². The Kier molecular flexibility index (Phi) is 11.7. The molecule has 3 N–H and O–H groups in total. The topological polar surface area (TPSA) is 167 Å². The molecule has 1 aromatic carbocycles. The van der Waals surface area contributed by atoms with Crippen molar-refractivity contribution in [3.05, 3.63) is 29.3 Å². The molecule has 13 heteroatoms. The van der Waals surface area contributed by atoms with Gasteiger partial charge >= 0.3 is 19.5 Å². The molecule has 0 saturated carbocycles. The van der Waals surface area contributed by atoms with Gasteiger partial charge in [0.15, 0.2) is 0 Å². The number of rotatable bonds is 11. The molecular weight excluding hydrogens is 547 g/mol. The number of ether oxygens (including phenoxy) is 4. The molecule has 1 aromatic rings. The molecular formula is C27H43O12P. The first kappa shape index (κ1) is 34.2. The third kappa shape index (κ3) is 9.80. The highest BCUT2D eigenvalue weighted by Crippen LogP contribution is 2.49. The van der Waals surface area contributed by atoms with Gasteiger partial charge in [0, 0.05) is 0 Å². The van der Waals surface area contributed by atoms with Gasteiger partial charge in [0.2, 0.25) is 19.9 Å². The Bertz CT molecular complexity index is 1020. The van der Waals surface area contributed by atoms with Crippen molar-refractivity contribution >= 4 is 19.5 Å². The predicted octanol–water partition coefficient (Wildman–Crippen LogP) is 3.20. The number of aliphatic hydroxyl groups excluding tert-OH is 3. The van der Waals surface area contributed by atoms with Crippen molar-refractivity contribution in [3.63, 3.8) is 0 Å². The molecule has 1 saturated heterocycles.